The number of carbonyl (C=O) groups excluding carboxylic acids is 2. The summed E-state index contributed by atoms with van der Waals surface area (Å²) < 4.78 is 0. The second-order valence-electron chi connectivity index (χ2n) is 9.62. The van der Waals surface area contributed by atoms with Gasteiger partial charge in [-0.1, -0.05) is 29.8 Å². The van der Waals surface area contributed by atoms with Crippen molar-refractivity contribution in [2.24, 2.45) is 11.8 Å². The molecule has 0 saturated carbocycles. The van der Waals surface area contributed by atoms with Gasteiger partial charge in [-0.15, -0.1) is 0 Å². The van der Waals surface area contributed by atoms with E-state index >= 15 is 0 Å². The zero-order chi connectivity index (χ0) is 22.9. The van der Waals surface area contributed by atoms with Gasteiger partial charge in [0.1, 0.15) is 0 Å². The molecule has 2 aromatic carbocycles. The zero-order valence-corrected chi connectivity index (χ0v) is 19.8. The zero-order valence-electron chi connectivity index (χ0n) is 19.1. The van der Waals surface area contributed by atoms with Crippen molar-refractivity contribution < 1.29 is 9.59 Å². The van der Waals surface area contributed by atoms with E-state index in [1.807, 2.05) is 31.2 Å². The molecule has 5 rings (SSSR count). The fourth-order valence-electron chi connectivity index (χ4n) is 5.50. The Morgan fingerprint density at radius 1 is 1.12 bits per heavy atom. The molecule has 3 aliphatic heterocycles. The molecule has 6 nitrogen and oxygen atoms in total. The Morgan fingerprint density at radius 3 is 2.67 bits per heavy atom. The van der Waals surface area contributed by atoms with Crippen LogP contribution in [0.25, 0.3) is 0 Å². The number of fused-ring (bicyclic) bond motifs is 2. The minimum Gasteiger partial charge on any atom is -0.338 e. The highest BCUT2D eigenvalue weighted by atomic mass is 35.5. The Labute approximate surface area is 200 Å². The molecule has 2 unspecified atom stereocenters. The lowest BCUT2D eigenvalue weighted by Gasteiger charge is -2.25. The van der Waals surface area contributed by atoms with E-state index in [0.29, 0.717) is 23.3 Å². The molecule has 3 heterocycles. The molecule has 3 aliphatic rings. The van der Waals surface area contributed by atoms with Crippen LogP contribution in [0.3, 0.4) is 0 Å². The molecule has 7 heteroatoms. The first kappa shape index (κ1) is 22.4. The smallest absolute Gasteiger partial charge is 0.254 e. The predicted octanol–water partition coefficient (Wildman–Crippen LogP) is 3.33. The number of anilines is 1. The maximum absolute atomic E-state index is 13.3. The average Bonchev–Trinajstić information content (AvgIpc) is 3.38. The largest absolute Gasteiger partial charge is 0.338 e. The highest BCUT2D eigenvalue weighted by Gasteiger charge is 2.42. The van der Waals surface area contributed by atoms with Gasteiger partial charge in [-0.05, 0) is 66.6 Å². The molecule has 174 valence electrons. The number of amides is 2. The lowest BCUT2D eigenvalue weighted by Crippen LogP contribution is -2.35. The van der Waals surface area contributed by atoms with Crippen molar-refractivity contribution in [2.45, 2.75) is 26.3 Å². The molecular formula is C26H31ClN4O2. The molecule has 0 aliphatic carbocycles. The topological polar surface area (TPSA) is 64.7 Å². The van der Waals surface area contributed by atoms with Gasteiger partial charge in [0.15, 0.2) is 0 Å². The van der Waals surface area contributed by atoms with E-state index in [0.717, 1.165) is 69.0 Å². The summed E-state index contributed by atoms with van der Waals surface area (Å²) in [5.74, 6) is 1.18. The summed E-state index contributed by atoms with van der Waals surface area (Å²) in [6.45, 7) is 8.00. The number of halogens is 1. The van der Waals surface area contributed by atoms with Gasteiger partial charge in [0.2, 0.25) is 5.91 Å². The number of hydrogen-bond donors (Lipinski definition) is 2. The molecule has 2 saturated heterocycles. The predicted molar refractivity (Wildman–Crippen MR) is 131 cm³/mol. The first-order valence-corrected chi connectivity index (χ1v) is 12.2. The molecule has 2 fully saturated rings. The van der Waals surface area contributed by atoms with E-state index in [1.54, 1.807) is 6.07 Å². The Bertz CT molecular complexity index is 1060. The van der Waals surface area contributed by atoms with Gasteiger partial charge < -0.3 is 20.4 Å². The highest BCUT2D eigenvalue weighted by Crippen LogP contribution is 2.33. The summed E-state index contributed by atoms with van der Waals surface area (Å²) >= 11 is 6.15. The van der Waals surface area contributed by atoms with Gasteiger partial charge in [0.05, 0.1) is 0 Å². The summed E-state index contributed by atoms with van der Waals surface area (Å²) in [5.41, 5.74) is 5.10. The van der Waals surface area contributed by atoms with Crippen LogP contribution in [0.5, 0.6) is 0 Å². The quantitative estimate of drug-likeness (QED) is 0.709. The number of carbonyl (C=O) groups is 2. The van der Waals surface area contributed by atoms with Crippen molar-refractivity contribution in [1.82, 2.24) is 15.1 Å². The van der Waals surface area contributed by atoms with Gasteiger partial charge in [0, 0.05) is 62.0 Å². The molecule has 0 spiro atoms. The van der Waals surface area contributed by atoms with Crippen LogP contribution in [-0.2, 0) is 17.8 Å². The Morgan fingerprint density at radius 2 is 1.91 bits per heavy atom. The van der Waals surface area contributed by atoms with Crippen molar-refractivity contribution in [3.8, 4) is 0 Å². The van der Waals surface area contributed by atoms with Gasteiger partial charge in [-0.3, -0.25) is 9.59 Å². The van der Waals surface area contributed by atoms with Crippen LogP contribution in [0, 0.1) is 18.8 Å². The van der Waals surface area contributed by atoms with Crippen LogP contribution >= 0.6 is 11.6 Å². The van der Waals surface area contributed by atoms with Gasteiger partial charge in [0.25, 0.3) is 5.91 Å². The summed E-state index contributed by atoms with van der Waals surface area (Å²) in [4.78, 5) is 30.1. The second kappa shape index (κ2) is 9.45. The third kappa shape index (κ3) is 4.79. The molecule has 2 amide bonds. The van der Waals surface area contributed by atoms with Crippen molar-refractivity contribution in [2.75, 3.05) is 44.6 Å². The fourth-order valence-corrected chi connectivity index (χ4v) is 5.68. The summed E-state index contributed by atoms with van der Waals surface area (Å²) in [6, 6.07) is 11.7. The van der Waals surface area contributed by atoms with E-state index in [2.05, 4.69) is 26.5 Å². The number of hydrogen-bond acceptors (Lipinski definition) is 4. The molecule has 33 heavy (non-hydrogen) atoms. The number of likely N-dealkylation sites (tertiary alicyclic amines) is 2. The summed E-state index contributed by atoms with van der Waals surface area (Å²) in [5, 5.41) is 6.99. The second-order valence-corrected chi connectivity index (χ2v) is 10.0. The molecule has 2 N–H and O–H groups in total. The minimum absolute atomic E-state index is 0.00660. The number of aryl methyl sites for hydroxylation is 1. The standard InChI is InChI=1S/C26H31ClN4O2/c1-17-5-6-21(11-24(17)27)29-25(32)8-10-30-13-19-15-31(16-20(19)14-30)26(33)23-4-2-3-18-12-28-9-7-22(18)23/h2-6,11,19-20,28H,7-10,12-16H2,1H3,(H,29,32). The van der Waals surface area contributed by atoms with Gasteiger partial charge in [-0.25, -0.2) is 0 Å². The SMILES string of the molecule is Cc1ccc(NC(=O)CCN2CC3CN(C(=O)c4cccc5c4CCNC5)CC3C2)cc1Cl. The van der Waals surface area contributed by atoms with E-state index < -0.39 is 0 Å². The normalized spacial score (nSPS) is 22.2. The minimum atomic E-state index is 0.00660. The molecule has 0 aromatic heterocycles. The lowest BCUT2D eigenvalue weighted by atomic mass is 9.95. The van der Waals surface area contributed by atoms with Gasteiger partial charge in [-0.2, -0.15) is 0 Å². The van der Waals surface area contributed by atoms with E-state index in [-0.39, 0.29) is 11.8 Å². The van der Waals surface area contributed by atoms with Crippen LogP contribution in [0.4, 0.5) is 5.69 Å². The van der Waals surface area contributed by atoms with Crippen LogP contribution in [0.2, 0.25) is 5.02 Å². The van der Waals surface area contributed by atoms with Crippen LogP contribution in [0.15, 0.2) is 36.4 Å². The molecule has 2 atom stereocenters. The van der Waals surface area contributed by atoms with E-state index in [1.165, 1.54) is 11.1 Å². The number of rotatable bonds is 5. The number of nitrogens with zero attached hydrogens (tertiary/aromatic N) is 2. The van der Waals surface area contributed by atoms with Crippen molar-refractivity contribution >= 4 is 29.1 Å². The van der Waals surface area contributed by atoms with Crippen molar-refractivity contribution in [3.05, 3.63) is 63.7 Å². The average molecular weight is 467 g/mol. The third-order valence-electron chi connectivity index (χ3n) is 7.33. The maximum atomic E-state index is 13.3. The molecule has 2 aromatic rings. The maximum Gasteiger partial charge on any atom is 0.254 e. The Hall–Kier alpha value is -2.41. The third-order valence-corrected chi connectivity index (χ3v) is 7.74. The summed E-state index contributed by atoms with van der Waals surface area (Å²) in [7, 11) is 0. The van der Waals surface area contributed by atoms with Crippen molar-refractivity contribution in [3.63, 3.8) is 0 Å². The van der Waals surface area contributed by atoms with Crippen LogP contribution in [0.1, 0.15) is 33.5 Å². The Kier molecular flexibility index (Phi) is 6.41. The number of benzene rings is 2. The first-order valence-electron chi connectivity index (χ1n) is 11.9. The van der Waals surface area contributed by atoms with Crippen LogP contribution < -0.4 is 10.6 Å². The van der Waals surface area contributed by atoms with Crippen molar-refractivity contribution in [1.29, 1.82) is 0 Å². The van der Waals surface area contributed by atoms with Gasteiger partial charge >= 0.3 is 0 Å². The van der Waals surface area contributed by atoms with E-state index in [4.69, 9.17) is 11.6 Å². The monoisotopic (exact) mass is 466 g/mol. The highest BCUT2D eigenvalue weighted by molar-refractivity contribution is 6.31. The first-order chi connectivity index (χ1) is 16.0. The van der Waals surface area contributed by atoms with Crippen LogP contribution in [-0.4, -0.2) is 60.9 Å². The molecule has 0 radical (unpaired) electrons. The summed E-state index contributed by atoms with van der Waals surface area (Å²) in [6.07, 6.45) is 1.38. The Balaban J connectivity index is 1.12. The molecular weight excluding hydrogens is 436 g/mol. The number of nitrogens with one attached hydrogen (secondary N) is 2. The fraction of sp³-hybridized carbons (Fsp3) is 0.462. The van der Waals surface area contributed by atoms with E-state index in [9.17, 15) is 9.59 Å². The molecule has 0 bridgehead atoms. The lowest BCUT2D eigenvalue weighted by molar-refractivity contribution is -0.116.